The molecule has 6 nitrogen and oxygen atoms in total. The van der Waals surface area contributed by atoms with E-state index < -0.39 is 10.5 Å². The first-order valence-electron chi connectivity index (χ1n) is 4.81. The molecular weight excluding hydrogens is 222 g/mol. The van der Waals surface area contributed by atoms with Crippen LogP contribution in [0.2, 0.25) is 0 Å². The average Bonchev–Trinajstić information content (AvgIpc) is 2.28. The number of terminal acetylenes is 1. The first-order valence-corrected chi connectivity index (χ1v) is 4.81. The van der Waals surface area contributed by atoms with Crippen LogP contribution in [0.1, 0.15) is 13.8 Å². The number of nitrogens with two attached hydrogens (primary N) is 1. The fraction of sp³-hybridized carbons (Fsp3) is 0.273. The van der Waals surface area contributed by atoms with Crippen molar-refractivity contribution in [2.24, 2.45) is 5.84 Å². The molecule has 1 aromatic carbocycles. The highest BCUT2D eigenvalue weighted by atomic mass is 16.6. The van der Waals surface area contributed by atoms with Gasteiger partial charge in [0.25, 0.3) is 5.69 Å². The maximum Gasteiger partial charge on any atom is 0.275 e. The molecule has 17 heavy (non-hydrogen) atoms. The van der Waals surface area contributed by atoms with Gasteiger partial charge in [0.15, 0.2) is 5.60 Å². The van der Waals surface area contributed by atoms with Crippen LogP contribution >= 0.6 is 0 Å². The van der Waals surface area contributed by atoms with Gasteiger partial charge in [0.1, 0.15) is 5.75 Å². The summed E-state index contributed by atoms with van der Waals surface area (Å²) in [4.78, 5) is 10.2. The Morgan fingerprint density at radius 1 is 1.53 bits per heavy atom. The second-order valence-corrected chi connectivity index (χ2v) is 3.87. The largest absolute Gasteiger partial charge is 0.475 e. The van der Waals surface area contributed by atoms with Gasteiger partial charge < -0.3 is 10.2 Å². The van der Waals surface area contributed by atoms with Crippen molar-refractivity contribution in [2.75, 3.05) is 5.43 Å². The van der Waals surface area contributed by atoms with E-state index in [1.54, 1.807) is 13.8 Å². The van der Waals surface area contributed by atoms with Crippen molar-refractivity contribution < 1.29 is 9.66 Å². The SMILES string of the molecule is C#CC(C)(C)Oc1cc(NN)cc([N+](=O)[O-])c1. The van der Waals surface area contributed by atoms with Crippen LogP contribution in [0.4, 0.5) is 11.4 Å². The van der Waals surface area contributed by atoms with Crippen LogP contribution in [0.5, 0.6) is 5.75 Å². The summed E-state index contributed by atoms with van der Waals surface area (Å²) < 4.78 is 5.45. The summed E-state index contributed by atoms with van der Waals surface area (Å²) in [6.07, 6.45) is 5.27. The van der Waals surface area contributed by atoms with Gasteiger partial charge in [-0.1, -0.05) is 5.92 Å². The number of benzene rings is 1. The van der Waals surface area contributed by atoms with Gasteiger partial charge in [-0.3, -0.25) is 16.0 Å². The van der Waals surface area contributed by atoms with E-state index in [1.165, 1.54) is 18.2 Å². The monoisotopic (exact) mass is 235 g/mol. The van der Waals surface area contributed by atoms with E-state index in [0.29, 0.717) is 5.69 Å². The second-order valence-electron chi connectivity index (χ2n) is 3.87. The van der Waals surface area contributed by atoms with Gasteiger partial charge in [-0.2, -0.15) is 0 Å². The molecule has 1 aromatic rings. The van der Waals surface area contributed by atoms with E-state index >= 15 is 0 Å². The van der Waals surface area contributed by atoms with Crippen LogP contribution in [0, 0.1) is 22.5 Å². The summed E-state index contributed by atoms with van der Waals surface area (Å²) in [5.41, 5.74) is 1.74. The lowest BCUT2D eigenvalue weighted by Crippen LogP contribution is -2.25. The van der Waals surface area contributed by atoms with Crippen LogP contribution < -0.4 is 16.0 Å². The zero-order valence-corrected chi connectivity index (χ0v) is 9.56. The van der Waals surface area contributed by atoms with Crippen molar-refractivity contribution in [3.05, 3.63) is 28.3 Å². The lowest BCUT2D eigenvalue weighted by Gasteiger charge is -2.20. The van der Waals surface area contributed by atoms with Crippen LogP contribution in [0.25, 0.3) is 0 Å². The molecule has 0 aromatic heterocycles. The summed E-state index contributed by atoms with van der Waals surface area (Å²) in [6, 6.07) is 4.13. The van der Waals surface area contributed by atoms with Crippen molar-refractivity contribution >= 4 is 11.4 Å². The van der Waals surface area contributed by atoms with Crippen molar-refractivity contribution in [1.82, 2.24) is 0 Å². The number of nitrogens with zero attached hydrogens (tertiary/aromatic N) is 1. The summed E-state index contributed by atoms with van der Waals surface area (Å²) >= 11 is 0. The lowest BCUT2D eigenvalue weighted by molar-refractivity contribution is -0.384. The smallest absolute Gasteiger partial charge is 0.275 e. The van der Waals surface area contributed by atoms with Crippen molar-refractivity contribution in [1.29, 1.82) is 0 Å². The van der Waals surface area contributed by atoms with Crippen LogP contribution in [-0.4, -0.2) is 10.5 Å². The summed E-state index contributed by atoms with van der Waals surface area (Å²) in [5.74, 6) is 7.93. The number of rotatable bonds is 4. The molecule has 6 heteroatoms. The molecule has 0 saturated heterocycles. The Morgan fingerprint density at radius 3 is 2.65 bits per heavy atom. The van der Waals surface area contributed by atoms with Gasteiger partial charge in [0.05, 0.1) is 16.7 Å². The Kier molecular flexibility index (Phi) is 3.55. The Morgan fingerprint density at radius 2 is 2.18 bits per heavy atom. The van der Waals surface area contributed by atoms with Crippen molar-refractivity contribution in [2.45, 2.75) is 19.4 Å². The molecule has 0 amide bonds. The highest BCUT2D eigenvalue weighted by Crippen LogP contribution is 2.27. The number of non-ortho nitro benzene ring substituents is 1. The summed E-state index contributed by atoms with van der Waals surface area (Å²) in [7, 11) is 0. The van der Waals surface area contributed by atoms with Gasteiger partial charge in [-0.15, -0.1) is 6.42 Å². The maximum atomic E-state index is 10.7. The van der Waals surface area contributed by atoms with E-state index in [1.807, 2.05) is 0 Å². The molecule has 0 atom stereocenters. The van der Waals surface area contributed by atoms with E-state index in [-0.39, 0.29) is 11.4 Å². The highest BCUT2D eigenvalue weighted by molar-refractivity contribution is 5.55. The lowest BCUT2D eigenvalue weighted by atomic mass is 10.1. The van der Waals surface area contributed by atoms with Gasteiger partial charge in [0.2, 0.25) is 0 Å². The minimum Gasteiger partial charge on any atom is -0.475 e. The van der Waals surface area contributed by atoms with Crippen molar-refractivity contribution in [3.63, 3.8) is 0 Å². The predicted octanol–water partition coefficient (Wildman–Crippen LogP) is 1.67. The van der Waals surface area contributed by atoms with Gasteiger partial charge >= 0.3 is 0 Å². The summed E-state index contributed by atoms with van der Waals surface area (Å²) in [6.45, 7) is 3.36. The number of hydrogen-bond acceptors (Lipinski definition) is 5. The Bertz CT molecular complexity index is 477. The third-order valence-corrected chi connectivity index (χ3v) is 1.99. The van der Waals surface area contributed by atoms with Crippen molar-refractivity contribution in [3.8, 4) is 18.1 Å². The third-order valence-electron chi connectivity index (χ3n) is 1.99. The standard InChI is InChI=1S/C11H13N3O3/c1-4-11(2,3)17-10-6-8(13-12)5-9(7-10)14(15)16/h1,5-7,13H,12H2,2-3H3. The molecule has 0 spiro atoms. The first-order chi connectivity index (χ1) is 7.88. The first kappa shape index (κ1) is 12.8. The molecule has 90 valence electrons. The van der Waals surface area contributed by atoms with E-state index in [4.69, 9.17) is 17.0 Å². The molecule has 0 radical (unpaired) electrons. The Hall–Kier alpha value is -2.26. The van der Waals surface area contributed by atoms with Crippen LogP contribution in [0.15, 0.2) is 18.2 Å². The predicted molar refractivity (Wildman–Crippen MR) is 64.4 cm³/mol. The molecule has 0 aliphatic rings. The number of hydrazine groups is 1. The van der Waals surface area contributed by atoms with Gasteiger partial charge in [-0.05, 0) is 13.8 Å². The molecular formula is C11H13N3O3. The highest BCUT2D eigenvalue weighted by Gasteiger charge is 2.18. The minimum atomic E-state index is -0.846. The Labute approximate surface area is 98.9 Å². The van der Waals surface area contributed by atoms with E-state index in [0.717, 1.165) is 0 Å². The topological polar surface area (TPSA) is 90.4 Å². The fourth-order valence-electron chi connectivity index (χ4n) is 1.16. The van der Waals surface area contributed by atoms with Crippen LogP contribution in [0.3, 0.4) is 0 Å². The van der Waals surface area contributed by atoms with E-state index in [9.17, 15) is 10.1 Å². The quantitative estimate of drug-likeness (QED) is 0.358. The molecule has 0 heterocycles. The number of anilines is 1. The number of ether oxygens (including phenoxy) is 1. The number of nitrogen functional groups attached to an aromatic ring is 1. The second kappa shape index (κ2) is 4.72. The molecule has 0 aliphatic carbocycles. The zero-order chi connectivity index (χ0) is 13.1. The molecule has 0 bridgehead atoms. The molecule has 0 saturated carbocycles. The maximum absolute atomic E-state index is 10.7. The number of nitrogens with one attached hydrogen (secondary N) is 1. The van der Waals surface area contributed by atoms with Crippen LogP contribution in [-0.2, 0) is 0 Å². The third kappa shape index (κ3) is 3.36. The summed E-state index contributed by atoms with van der Waals surface area (Å²) in [5, 5.41) is 10.7. The molecule has 1 rings (SSSR count). The normalized spacial score (nSPS) is 10.5. The minimum absolute atomic E-state index is 0.122. The number of nitro benzene ring substituents is 1. The van der Waals surface area contributed by atoms with E-state index in [2.05, 4.69) is 11.3 Å². The molecule has 0 fully saturated rings. The number of nitro groups is 1. The van der Waals surface area contributed by atoms with Gasteiger partial charge in [-0.25, -0.2) is 0 Å². The Balaban J connectivity index is 3.12. The zero-order valence-electron chi connectivity index (χ0n) is 9.56. The molecule has 3 N–H and O–H groups in total. The molecule has 0 aliphatic heterocycles. The fourth-order valence-corrected chi connectivity index (χ4v) is 1.16. The molecule has 0 unspecified atom stereocenters. The van der Waals surface area contributed by atoms with Gasteiger partial charge in [0, 0.05) is 12.1 Å². The average molecular weight is 235 g/mol. The number of hydrogen-bond donors (Lipinski definition) is 2.